The lowest BCUT2D eigenvalue weighted by atomic mass is 10.0. The van der Waals surface area contributed by atoms with Crippen LogP contribution in [0.1, 0.15) is 31.9 Å². The highest BCUT2D eigenvalue weighted by Gasteiger charge is 2.21. The summed E-state index contributed by atoms with van der Waals surface area (Å²) < 4.78 is 1.65. The molecule has 2 atom stereocenters. The summed E-state index contributed by atoms with van der Waals surface area (Å²) in [5, 5.41) is 7.09. The SMILES string of the molecule is CC(C)CC(CN(C)C)NC(=O)C(N)c1cnn(C)c1. The van der Waals surface area contributed by atoms with Crippen molar-refractivity contribution in [2.24, 2.45) is 18.7 Å². The molecule has 0 saturated heterocycles. The van der Waals surface area contributed by atoms with E-state index in [1.54, 1.807) is 17.1 Å². The number of hydrogen-bond donors (Lipinski definition) is 2. The quantitative estimate of drug-likeness (QED) is 0.763. The lowest BCUT2D eigenvalue weighted by Crippen LogP contribution is -2.45. The Morgan fingerprint density at radius 2 is 2.15 bits per heavy atom. The first-order valence-electron chi connectivity index (χ1n) is 6.98. The zero-order chi connectivity index (χ0) is 15.3. The van der Waals surface area contributed by atoms with E-state index in [4.69, 9.17) is 5.73 Å². The molecular weight excluding hydrogens is 254 g/mol. The Bertz CT molecular complexity index is 417. The van der Waals surface area contributed by atoms with Gasteiger partial charge in [0.25, 0.3) is 0 Å². The van der Waals surface area contributed by atoms with Crippen molar-refractivity contribution in [2.45, 2.75) is 32.4 Å². The maximum absolute atomic E-state index is 12.2. The van der Waals surface area contributed by atoms with E-state index in [0.717, 1.165) is 18.5 Å². The van der Waals surface area contributed by atoms with E-state index in [2.05, 4.69) is 29.2 Å². The molecule has 0 aliphatic rings. The molecule has 1 aromatic heterocycles. The minimum absolute atomic E-state index is 0.111. The number of rotatable bonds is 7. The molecule has 2 unspecified atom stereocenters. The van der Waals surface area contributed by atoms with Crippen molar-refractivity contribution in [1.82, 2.24) is 20.0 Å². The van der Waals surface area contributed by atoms with Gasteiger partial charge in [0.1, 0.15) is 6.04 Å². The normalized spacial score (nSPS) is 14.6. The summed E-state index contributed by atoms with van der Waals surface area (Å²) in [6, 6.07) is -0.555. The standard InChI is InChI=1S/C14H27N5O/c1-10(2)6-12(9-18(3)4)17-14(20)13(15)11-7-16-19(5)8-11/h7-8,10,12-13H,6,9,15H2,1-5H3,(H,17,20). The van der Waals surface area contributed by atoms with Gasteiger partial charge in [-0.15, -0.1) is 0 Å². The third-order valence-electron chi connectivity index (χ3n) is 3.05. The highest BCUT2D eigenvalue weighted by Crippen LogP contribution is 2.11. The molecule has 1 amide bonds. The lowest BCUT2D eigenvalue weighted by Gasteiger charge is -2.25. The summed E-state index contributed by atoms with van der Waals surface area (Å²) in [6.07, 6.45) is 4.34. The monoisotopic (exact) mass is 281 g/mol. The van der Waals surface area contributed by atoms with Crippen LogP contribution in [0.4, 0.5) is 0 Å². The number of likely N-dealkylation sites (N-methyl/N-ethyl adjacent to an activating group) is 1. The van der Waals surface area contributed by atoms with Gasteiger partial charge in [-0.3, -0.25) is 9.48 Å². The van der Waals surface area contributed by atoms with Crippen LogP contribution in [-0.4, -0.2) is 47.3 Å². The third-order valence-corrected chi connectivity index (χ3v) is 3.05. The van der Waals surface area contributed by atoms with Crippen LogP contribution in [0.3, 0.4) is 0 Å². The van der Waals surface area contributed by atoms with E-state index in [0.29, 0.717) is 5.92 Å². The topological polar surface area (TPSA) is 76.2 Å². The molecule has 1 aromatic rings. The summed E-state index contributed by atoms with van der Waals surface area (Å²) in [5.41, 5.74) is 6.72. The smallest absolute Gasteiger partial charge is 0.241 e. The molecule has 1 heterocycles. The third kappa shape index (κ3) is 5.30. The van der Waals surface area contributed by atoms with Crippen LogP contribution in [0.5, 0.6) is 0 Å². The fraction of sp³-hybridized carbons (Fsp3) is 0.714. The first-order chi connectivity index (χ1) is 9.29. The maximum atomic E-state index is 12.2. The second-order valence-corrected chi connectivity index (χ2v) is 6.02. The van der Waals surface area contributed by atoms with Crippen molar-refractivity contribution in [3.63, 3.8) is 0 Å². The van der Waals surface area contributed by atoms with Crippen LogP contribution in [0.15, 0.2) is 12.4 Å². The van der Waals surface area contributed by atoms with Crippen molar-refractivity contribution in [3.05, 3.63) is 18.0 Å². The lowest BCUT2D eigenvalue weighted by molar-refractivity contribution is -0.123. The largest absolute Gasteiger partial charge is 0.350 e. The van der Waals surface area contributed by atoms with E-state index in [9.17, 15) is 4.79 Å². The molecule has 0 saturated carbocycles. The van der Waals surface area contributed by atoms with Crippen molar-refractivity contribution in [2.75, 3.05) is 20.6 Å². The number of amides is 1. The number of aromatic nitrogens is 2. The van der Waals surface area contributed by atoms with Gasteiger partial charge in [0.05, 0.1) is 6.20 Å². The molecule has 20 heavy (non-hydrogen) atoms. The fourth-order valence-corrected chi connectivity index (χ4v) is 2.23. The second-order valence-electron chi connectivity index (χ2n) is 6.02. The zero-order valence-electron chi connectivity index (χ0n) is 13.1. The van der Waals surface area contributed by atoms with Crippen LogP contribution in [0.25, 0.3) is 0 Å². The van der Waals surface area contributed by atoms with Crippen molar-refractivity contribution < 1.29 is 4.79 Å². The first kappa shape index (κ1) is 16.7. The molecule has 0 radical (unpaired) electrons. The van der Waals surface area contributed by atoms with E-state index < -0.39 is 6.04 Å². The minimum Gasteiger partial charge on any atom is -0.350 e. The maximum Gasteiger partial charge on any atom is 0.241 e. The van der Waals surface area contributed by atoms with E-state index in [-0.39, 0.29) is 11.9 Å². The second kappa shape index (κ2) is 7.40. The predicted octanol–water partition coefficient (Wildman–Crippen LogP) is 0.512. The molecule has 114 valence electrons. The zero-order valence-corrected chi connectivity index (χ0v) is 13.1. The Kier molecular flexibility index (Phi) is 6.16. The van der Waals surface area contributed by atoms with Crippen LogP contribution >= 0.6 is 0 Å². The minimum atomic E-state index is -0.666. The molecule has 0 fully saturated rings. The van der Waals surface area contributed by atoms with E-state index >= 15 is 0 Å². The number of carbonyl (C=O) groups excluding carboxylic acids is 1. The highest BCUT2D eigenvalue weighted by atomic mass is 16.2. The summed E-state index contributed by atoms with van der Waals surface area (Å²) in [5.74, 6) is 0.375. The molecule has 3 N–H and O–H groups in total. The Labute approximate surface area is 121 Å². The van der Waals surface area contributed by atoms with Crippen molar-refractivity contribution >= 4 is 5.91 Å². The highest BCUT2D eigenvalue weighted by molar-refractivity contribution is 5.83. The van der Waals surface area contributed by atoms with Crippen LogP contribution in [0, 0.1) is 5.92 Å². The molecule has 0 aromatic carbocycles. The Morgan fingerprint density at radius 3 is 2.60 bits per heavy atom. The van der Waals surface area contributed by atoms with Gasteiger partial charge in [-0.05, 0) is 26.4 Å². The first-order valence-corrected chi connectivity index (χ1v) is 6.98. The number of carbonyl (C=O) groups is 1. The van der Waals surface area contributed by atoms with Gasteiger partial charge in [0.15, 0.2) is 0 Å². The van der Waals surface area contributed by atoms with Crippen LogP contribution < -0.4 is 11.1 Å². The molecule has 6 heteroatoms. The van der Waals surface area contributed by atoms with Gasteiger partial charge in [-0.2, -0.15) is 5.10 Å². The molecule has 0 aliphatic heterocycles. The van der Waals surface area contributed by atoms with Crippen molar-refractivity contribution in [1.29, 1.82) is 0 Å². The molecular formula is C14H27N5O. The van der Waals surface area contributed by atoms with Gasteiger partial charge in [-0.1, -0.05) is 13.8 Å². The number of nitrogens with two attached hydrogens (primary N) is 1. The average molecular weight is 281 g/mol. The number of aryl methyl sites for hydroxylation is 1. The summed E-state index contributed by atoms with van der Waals surface area (Å²) in [7, 11) is 5.81. The number of nitrogens with zero attached hydrogens (tertiary/aromatic N) is 3. The Balaban J connectivity index is 2.64. The summed E-state index contributed by atoms with van der Waals surface area (Å²) >= 11 is 0. The van der Waals surface area contributed by atoms with E-state index in [1.807, 2.05) is 21.1 Å². The Morgan fingerprint density at radius 1 is 1.50 bits per heavy atom. The van der Waals surface area contributed by atoms with Gasteiger partial charge >= 0.3 is 0 Å². The molecule has 0 bridgehead atoms. The van der Waals surface area contributed by atoms with Gasteiger partial charge in [0.2, 0.25) is 5.91 Å². The summed E-state index contributed by atoms with van der Waals surface area (Å²) in [6.45, 7) is 5.11. The summed E-state index contributed by atoms with van der Waals surface area (Å²) in [4.78, 5) is 14.3. The molecule has 0 aliphatic carbocycles. The predicted molar refractivity (Wildman–Crippen MR) is 80.1 cm³/mol. The molecule has 1 rings (SSSR count). The van der Waals surface area contributed by atoms with Gasteiger partial charge < -0.3 is 16.0 Å². The van der Waals surface area contributed by atoms with Gasteiger partial charge in [-0.25, -0.2) is 0 Å². The molecule has 0 spiro atoms. The number of hydrogen-bond acceptors (Lipinski definition) is 4. The average Bonchev–Trinajstić information content (AvgIpc) is 2.72. The molecule has 6 nitrogen and oxygen atoms in total. The van der Waals surface area contributed by atoms with Gasteiger partial charge in [0, 0.05) is 31.4 Å². The van der Waals surface area contributed by atoms with Crippen LogP contribution in [-0.2, 0) is 11.8 Å². The fourth-order valence-electron chi connectivity index (χ4n) is 2.23. The van der Waals surface area contributed by atoms with E-state index in [1.165, 1.54) is 0 Å². The number of nitrogens with one attached hydrogen (secondary N) is 1. The Hall–Kier alpha value is -1.40. The van der Waals surface area contributed by atoms with Crippen molar-refractivity contribution in [3.8, 4) is 0 Å². The van der Waals surface area contributed by atoms with Crippen LogP contribution in [0.2, 0.25) is 0 Å².